The van der Waals surface area contributed by atoms with Gasteiger partial charge in [0, 0.05) is 26.2 Å². The summed E-state index contributed by atoms with van der Waals surface area (Å²) >= 11 is 1.05. The standard InChI is InChI=1S/C21H27N3O5S2/c1-29-21(26)20-18(9-15-30-20)31(27,28)24-12-5-11-23(13-14-24)16-19(25)22-10-8-17-6-3-2-4-7-17/h2-4,6-7,9,15H,5,8,10-14,16H2,1H3,(H,22,25). The highest BCUT2D eigenvalue weighted by molar-refractivity contribution is 7.89. The van der Waals surface area contributed by atoms with Crippen LogP contribution in [0.5, 0.6) is 0 Å². The third-order valence-corrected chi connectivity index (χ3v) is 8.08. The molecule has 0 spiro atoms. The second kappa shape index (κ2) is 10.9. The Balaban J connectivity index is 1.52. The first kappa shape index (κ1) is 23.4. The molecule has 1 amide bonds. The molecule has 1 aromatic heterocycles. The van der Waals surface area contributed by atoms with Crippen LogP contribution in [0.25, 0.3) is 0 Å². The van der Waals surface area contributed by atoms with Gasteiger partial charge in [0.25, 0.3) is 0 Å². The van der Waals surface area contributed by atoms with Crippen LogP contribution in [-0.2, 0) is 26.0 Å². The fourth-order valence-corrected chi connectivity index (χ4v) is 6.25. The molecule has 31 heavy (non-hydrogen) atoms. The van der Waals surface area contributed by atoms with Crippen molar-refractivity contribution in [2.24, 2.45) is 0 Å². The molecule has 10 heteroatoms. The van der Waals surface area contributed by atoms with Crippen LogP contribution in [0.4, 0.5) is 0 Å². The lowest BCUT2D eigenvalue weighted by atomic mass is 10.1. The van der Waals surface area contributed by atoms with Crippen molar-refractivity contribution >= 4 is 33.2 Å². The molecule has 2 aromatic rings. The summed E-state index contributed by atoms with van der Waals surface area (Å²) in [7, 11) is -2.58. The maximum absolute atomic E-state index is 13.1. The van der Waals surface area contributed by atoms with E-state index in [4.69, 9.17) is 4.74 Å². The number of methoxy groups -OCH3 is 1. The first-order chi connectivity index (χ1) is 14.9. The van der Waals surface area contributed by atoms with Crippen LogP contribution in [0.2, 0.25) is 0 Å². The van der Waals surface area contributed by atoms with Gasteiger partial charge in [0.1, 0.15) is 9.77 Å². The van der Waals surface area contributed by atoms with Crippen LogP contribution in [0, 0.1) is 0 Å². The Bertz CT molecular complexity index is 991. The molecule has 8 nitrogen and oxygen atoms in total. The van der Waals surface area contributed by atoms with E-state index in [1.165, 1.54) is 17.5 Å². The van der Waals surface area contributed by atoms with E-state index in [9.17, 15) is 18.0 Å². The average molecular weight is 466 g/mol. The molecule has 0 unspecified atom stereocenters. The number of ether oxygens (including phenoxy) is 1. The molecule has 0 bridgehead atoms. The summed E-state index contributed by atoms with van der Waals surface area (Å²) in [5, 5.41) is 4.50. The van der Waals surface area contributed by atoms with E-state index in [0.29, 0.717) is 32.6 Å². The summed E-state index contributed by atoms with van der Waals surface area (Å²) in [6, 6.07) is 11.4. The lowest BCUT2D eigenvalue weighted by Gasteiger charge is -2.21. The molecule has 1 aromatic carbocycles. The number of benzene rings is 1. The molecule has 1 saturated heterocycles. The minimum absolute atomic E-state index is 0.0172. The van der Waals surface area contributed by atoms with Gasteiger partial charge in [-0.25, -0.2) is 13.2 Å². The number of hydrogen-bond donors (Lipinski definition) is 1. The molecule has 1 aliphatic heterocycles. The van der Waals surface area contributed by atoms with E-state index in [0.717, 1.165) is 23.3 Å². The average Bonchev–Trinajstić information content (AvgIpc) is 3.15. The highest BCUT2D eigenvalue weighted by Gasteiger charge is 2.32. The Labute approximate surface area is 186 Å². The molecule has 0 radical (unpaired) electrons. The van der Waals surface area contributed by atoms with Crippen molar-refractivity contribution in [3.63, 3.8) is 0 Å². The van der Waals surface area contributed by atoms with Crippen LogP contribution in [-0.4, -0.2) is 75.9 Å². The maximum atomic E-state index is 13.1. The predicted octanol–water partition coefficient (Wildman–Crippen LogP) is 1.59. The molecule has 1 N–H and O–H groups in total. The van der Waals surface area contributed by atoms with Gasteiger partial charge in [-0.1, -0.05) is 30.3 Å². The Morgan fingerprint density at radius 2 is 1.87 bits per heavy atom. The molecule has 3 rings (SSSR count). The Morgan fingerprint density at radius 1 is 1.10 bits per heavy atom. The van der Waals surface area contributed by atoms with Crippen molar-refractivity contribution in [2.45, 2.75) is 17.7 Å². The van der Waals surface area contributed by atoms with Crippen LogP contribution in [0.1, 0.15) is 21.7 Å². The molecule has 0 atom stereocenters. The van der Waals surface area contributed by atoms with Gasteiger partial charge >= 0.3 is 5.97 Å². The molecular formula is C21H27N3O5S2. The van der Waals surface area contributed by atoms with Crippen molar-refractivity contribution in [3.05, 3.63) is 52.2 Å². The van der Waals surface area contributed by atoms with E-state index in [2.05, 4.69) is 5.32 Å². The van der Waals surface area contributed by atoms with E-state index < -0.39 is 16.0 Å². The van der Waals surface area contributed by atoms with Gasteiger partial charge in [-0.3, -0.25) is 9.69 Å². The number of nitrogens with zero attached hydrogens (tertiary/aromatic N) is 2. The Hall–Kier alpha value is -2.27. The summed E-state index contributed by atoms with van der Waals surface area (Å²) in [6.07, 6.45) is 1.37. The van der Waals surface area contributed by atoms with Gasteiger partial charge in [-0.05, 0) is 36.4 Å². The number of hydrogen-bond acceptors (Lipinski definition) is 7. The summed E-state index contributed by atoms with van der Waals surface area (Å²) in [4.78, 5) is 26.2. The lowest BCUT2D eigenvalue weighted by Crippen LogP contribution is -2.40. The van der Waals surface area contributed by atoms with Crippen LogP contribution < -0.4 is 5.32 Å². The van der Waals surface area contributed by atoms with E-state index in [-0.39, 0.29) is 28.8 Å². The van der Waals surface area contributed by atoms with E-state index >= 15 is 0 Å². The second-order valence-corrected chi connectivity index (χ2v) is 10.0. The number of amides is 1. The van der Waals surface area contributed by atoms with Gasteiger partial charge in [0.15, 0.2) is 0 Å². The minimum atomic E-state index is -3.81. The van der Waals surface area contributed by atoms with Crippen molar-refractivity contribution in [1.82, 2.24) is 14.5 Å². The number of rotatable bonds is 8. The fraction of sp³-hybridized carbons (Fsp3) is 0.429. The Kier molecular flexibility index (Phi) is 8.19. The van der Waals surface area contributed by atoms with Crippen molar-refractivity contribution in [1.29, 1.82) is 0 Å². The van der Waals surface area contributed by atoms with Crippen LogP contribution >= 0.6 is 11.3 Å². The number of carbonyl (C=O) groups is 2. The number of sulfonamides is 1. The zero-order valence-electron chi connectivity index (χ0n) is 17.5. The van der Waals surface area contributed by atoms with E-state index in [1.54, 1.807) is 5.38 Å². The van der Waals surface area contributed by atoms with E-state index in [1.807, 2.05) is 35.2 Å². The summed E-state index contributed by atoms with van der Waals surface area (Å²) in [6.45, 7) is 2.47. The number of nitrogens with one attached hydrogen (secondary N) is 1. The smallest absolute Gasteiger partial charge is 0.349 e. The third kappa shape index (κ3) is 6.13. The normalized spacial score (nSPS) is 15.9. The maximum Gasteiger partial charge on any atom is 0.349 e. The number of esters is 1. The highest BCUT2D eigenvalue weighted by Crippen LogP contribution is 2.26. The van der Waals surface area contributed by atoms with Crippen LogP contribution in [0.15, 0.2) is 46.7 Å². The van der Waals surface area contributed by atoms with Gasteiger partial charge in [0.2, 0.25) is 15.9 Å². The zero-order chi connectivity index (χ0) is 22.3. The summed E-state index contributed by atoms with van der Waals surface area (Å²) in [5.41, 5.74) is 1.16. The van der Waals surface area contributed by atoms with Crippen molar-refractivity contribution < 1.29 is 22.7 Å². The monoisotopic (exact) mass is 465 g/mol. The molecule has 1 fully saturated rings. The largest absolute Gasteiger partial charge is 0.465 e. The SMILES string of the molecule is COC(=O)c1sccc1S(=O)(=O)N1CCCN(CC(=O)NCCc2ccccc2)CC1. The van der Waals surface area contributed by atoms with Gasteiger partial charge in [0.05, 0.1) is 13.7 Å². The minimum Gasteiger partial charge on any atom is -0.465 e. The number of thiophene rings is 1. The first-order valence-electron chi connectivity index (χ1n) is 10.1. The number of carbonyl (C=O) groups excluding carboxylic acids is 2. The Morgan fingerprint density at radius 3 is 2.61 bits per heavy atom. The quantitative estimate of drug-likeness (QED) is 0.595. The lowest BCUT2D eigenvalue weighted by molar-refractivity contribution is -0.122. The molecule has 0 saturated carbocycles. The molecule has 0 aliphatic carbocycles. The summed E-state index contributed by atoms with van der Waals surface area (Å²) < 4.78 is 32.2. The topological polar surface area (TPSA) is 96.0 Å². The molecule has 168 valence electrons. The zero-order valence-corrected chi connectivity index (χ0v) is 19.1. The summed E-state index contributed by atoms with van der Waals surface area (Å²) in [5.74, 6) is -0.727. The van der Waals surface area contributed by atoms with Crippen LogP contribution in [0.3, 0.4) is 0 Å². The highest BCUT2D eigenvalue weighted by atomic mass is 32.2. The van der Waals surface area contributed by atoms with Crippen molar-refractivity contribution in [2.75, 3.05) is 46.4 Å². The molecular weight excluding hydrogens is 438 g/mol. The molecule has 1 aliphatic rings. The third-order valence-electron chi connectivity index (χ3n) is 5.11. The fourth-order valence-electron chi connectivity index (χ4n) is 3.48. The second-order valence-electron chi connectivity index (χ2n) is 7.22. The van der Waals surface area contributed by atoms with Gasteiger partial charge in [-0.15, -0.1) is 11.3 Å². The first-order valence-corrected chi connectivity index (χ1v) is 12.4. The van der Waals surface area contributed by atoms with Gasteiger partial charge < -0.3 is 10.1 Å². The predicted molar refractivity (Wildman–Crippen MR) is 119 cm³/mol. The molecule has 2 heterocycles. The van der Waals surface area contributed by atoms with Crippen molar-refractivity contribution in [3.8, 4) is 0 Å². The van der Waals surface area contributed by atoms with Gasteiger partial charge in [-0.2, -0.15) is 4.31 Å².